The van der Waals surface area contributed by atoms with Crippen molar-refractivity contribution in [2.75, 3.05) is 25.3 Å². The Morgan fingerprint density at radius 3 is 2.19 bits per heavy atom. The van der Waals surface area contributed by atoms with Crippen molar-refractivity contribution in [3.63, 3.8) is 0 Å². The van der Waals surface area contributed by atoms with E-state index in [0.717, 1.165) is 27.9 Å². The third-order valence-corrected chi connectivity index (χ3v) is 12.9. The second kappa shape index (κ2) is 18.4. The van der Waals surface area contributed by atoms with Gasteiger partial charge in [-0.3, -0.25) is 18.9 Å². The van der Waals surface area contributed by atoms with Crippen molar-refractivity contribution in [2.24, 2.45) is 5.16 Å². The Kier molecular flexibility index (Phi) is 12.0. The van der Waals surface area contributed by atoms with Crippen molar-refractivity contribution >= 4 is 63.6 Å². The summed E-state index contributed by atoms with van der Waals surface area (Å²) in [5, 5.41) is 12.3. The van der Waals surface area contributed by atoms with E-state index in [1.807, 2.05) is 71.3 Å². The van der Waals surface area contributed by atoms with Crippen molar-refractivity contribution in [1.82, 2.24) is 29.6 Å². The molecule has 5 heterocycles. The highest BCUT2D eigenvalue weighted by Gasteiger charge is 2.54. The van der Waals surface area contributed by atoms with Crippen LogP contribution < -0.4 is 15.4 Å². The van der Waals surface area contributed by atoms with Gasteiger partial charge in [0, 0.05) is 23.5 Å². The van der Waals surface area contributed by atoms with Crippen molar-refractivity contribution in [3.05, 3.63) is 196 Å². The predicted molar refractivity (Wildman–Crippen MR) is 245 cm³/mol. The summed E-state index contributed by atoms with van der Waals surface area (Å²) >= 11 is 2.72. The van der Waals surface area contributed by atoms with E-state index in [-0.39, 0.29) is 23.7 Å². The Bertz CT molecular complexity index is 2810. The number of thioether (sulfide) groups is 1. The minimum absolute atomic E-state index is 0.0350. The fourth-order valence-corrected chi connectivity index (χ4v) is 9.81. The van der Waals surface area contributed by atoms with Gasteiger partial charge >= 0.3 is 5.97 Å². The first-order chi connectivity index (χ1) is 31.4. The van der Waals surface area contributed by atoms with Gasteiger partial charge in [-0.05, 0) is 52.1 Å². The zero-order valence-electron chi connectivity index (χ0n) is 34.5. The lowest BCUT2D eigenvalue weighted by Gasteiger charge is -2.49. The number of hydrogen-bond donors (Lipinski definition) is 2. The van der Waals surface area contributed by atoms with Crippen molar-refractivity contribution in [2.45, 2.75) is 23.6 Å². The van der Waals surface area contributed by atoms with Gasteiger partial charge in [0.15, 0.2) is 10.8 Å². The second-order valence-electron chi connectivity index (χ2n) is 14.6. The molecule has 0 bridgehead atoms. The summed E-state index contributed by atoms with van der Waals surface area (Å²) in [7, 11) is 2.91. The molecule has 9 rings (SSSR count). The molecule has 7 aromatic rings. The summed E-state index contributed by atoms with van der Waals surface area (Å²) in [6.45, 7) is -0.0350. The molecule has 1 fully saturated rings. The van der Waals surface area contributed by atoms with Gasteiger partial charge in [-0.2, -0.15) is 0 Å². The van der Waals surface area contributed by atoms with Gasteiger partial charge in [0.2, 0.25) is 5.78 Å². The average Bonchev–Trinajstić information content (AvgIpc) is 4.00. The van der Waals surface area contributed by atoms with Gasteiger partial charge in [-0.25, -0.2) is 19.7 Å². The number of fused-ring (bicyclic) bond motifs is 2. The SMILES string of the molecule is CO/N=C(\C(=O)N[C@@H]1C(=O)N2C(C(=O)OCc3ccc(OC)cc3)=C(/C=C/c3cnc4ncccn34)CS[C@H]12)c1csc(NC(c2ccccc2)(c2ccccc2)c2ccccc2)n1. The number of hydrogen-bond acceptors (Lipinski definition) is 13. The number of amides is 2. The van der Waals surface area contributed by atoms with Crippen molar-refractivity contribution in [3.8, 4) is 5.75 Å². The minimum atomic E-state index is -0.988. The van der Waals surface area contributed by atoms with Crippen LogP contribution in [-0.2, 0) is 36.1 Å². The number of esters is 1. The molecule has 3 aromatic heterocycles. The van der Waals surface area contributed by atoms with E-state index in [2.05, 4.69) is 62.2 Å². The molecule has 14 nitrogen and oxygen atoms in total. The van der Waals surface area contributed by atoms with Crippen LogP contribution >= 0.6 is 23.1 Å². The Morgan fingerprint density at radius 2 is 1.55 bits per heavy atom. The molecular formula is C48H40N8O6S2. The fourth-order valence-electron chi connectivity index (χ4n) is 7.74. The molecule has 0 radical (unpaired) electrons. The fraction of sp³-hybridized carbons (Fsp3) is 0.146. The molecule has 2 atom stereocenters. The molecule has 2 N–H and O–H groups in total. The maximum Gasteiger partial charge on any atom is 0.355 e. The van der Waals surface area contributed by atoms with Crippen molar-refractivity contribution < 1.29 is 28.7 Å². The van der Waals surface area contributed by atoms with Gasteiger partial charge in [0.1, 0.15) is 47.8 Å². The number of rotatable bonds is 15. The van der Waals surface area contributed by atoms with Crippen LogP contribution in [0, 0.1) is 0 Å². The second-order valence-corrected chi connectivity index (χ2v) is 16.6. The third-order valence-electron chi connectivity index (χ3n) is 10.8. The molecule has 2 amide bonds. The Labute approximate surface area is 376 Å². The monoisotopic (exact) mass is 888 g/mol. The first kappa shape index (κ1) is 41.8. The molecule has 2 aliphatic rings. The van der Waals surface area contributed by atoms with Crippen LogP contribution in [0.1, 0.15) is 33.6 Å². The van der Waals surface area contributed by atoms with E-state index >= 15 is 0 Å². The molecule has 64 heavy (non-hydrogen) atoms. The normalized spacial score (nSPS) is 16.3. The van der Waals surface area contributed by atoms with Crippen LogP contribution in [0.25, 0.3) is 11.9 Å². The number of methoxy groups -OCH3 is 1. The predicted octanol–water partition coefficient (Wildman–Crippen LogP) is 7.06. The largest absolute Gasteiger partial charge is 0.497 e. The van der Waals surface area contributed by atoms with Gasteiger partial charge in [-0.1, -0.05) is 114 Å². The number of thiazole rings is 1. The third kappa shape index (κ3) is 8.11. The number of oxime groups is 1. The molecular weight excluding hydrogens is 849 g/mol. The summed E-state index contributed by atoms with van der Waals surface area (Å²) in [4.78, 5) is 62.3. The standard InChI is InChI=1S/C48H40N8O6S2/c1-60-37-23-19-31(20-24-37)28-62-45(59)41-32(21-22-36-27-50-46-49-25-12-26-55(36)46)29-63-44-40(43(58)56(41)44)52-42(57)39(54-61-2)38-30-64-47(51-38)53-48(33-13-6-3-7-14-33,34-15-8-4-9-16-34)35-17-10-5-11-18-35/h3-27,30,40,44H,28-29H2,1-2H3,(H,51,53)(H,52,57)/b22-21+,54-39-/t40-,44-/m1/s1. The zero-order valence-corrected chi connectivity index (χ0v) is 36.2. The number of nitrogens with zero attached hydrogens (tertiary/aromatic N) is 6. The number of carbonyl (C=O) groups excluding carboxylic acids is 3. The summed E-state index contributed by atoms with van der Waals surface area (Å²) in [5.74, 6) is -0.307. The van der Waals surface area contributed by atoms with E-state index in [0.29, 0.717) is 28.0 Å². The number of nitrogens with one attached hydrogen (secondary N) is 2. The van der Waals surface area contributed by atoms with Crippen LogP contribution in [0.5, 0.6) is 5.75 Å². The molecule has 2 aliphatic heterocycles. The van der Waals surface area contributed by atoms with E-state index < -0.39 is 34.7 Å². The summed E-state index contributed by atoms with van der Waals surface area (Å²) in [5.41, 5.74) is 4.33. The zero-order chi connectivity index (χ0) is 44.0. The number of benzene rings is 4. The summed E-state index contributed by atoms with van der Waals surface area (Å²) in [6, 6.07) is 38.2. The highest BCUT2D eigenvalue weighted by Crippen LogP contribution is 2.43. The number of anilines is 1. The van der Waals surface area contributed by atoms with Crippen LogP contribution in [0.3, 0.4) is 0 Å². The number of β-lactam (4-membered cyclic amide) rings is 1. The lowest BCUT2D eigenvalue weighted by atomic mass is 9.77. The molecule has 0 spiro atoms. The van der Waals surface area contributed by atoms with Crippen LogP contribution in [0.4, 0.5) is 5.13 Å². The highest BCUT2D eigenvalue weighted by atomic mass is 32.2. The number of imidazole rings is 1. The Morgan fingerprint density at radius 1 is 0.875 bits per heavy atom. The van der Waals surface area contributed by atoms with Crippen LogP contribution in [-0.4, -0.2) is 79.1 Å². The van der Waals surface area contributed by atoms with E-state index in [4.69, 9.17) is 19.3 Å². The van der Waals surface area contributed by atoms with Crippen molar-refractivity contribution in [1.29, 1.82) is 0 Å². The van der Waals surface area contributed by atoms with Crippen LogP contribution in [0.15, 0.2) is 168 Å². The van der Waals surface area contributed by atoms with Crippen LogP contribution in [0.2, 0.25) is 0 Å². The maximum atomic E-state index is 14.1. The summed E-state index contributed by atoms with van der Waals surface area (Å²) < 4.78 is 12.9. The molecule has 16 heteroatoms. The highest BCUT2D eigenvalue weighted by molar-refractivity contribution is 8.00. The molecule has 1 saturated heterocycles. The van der Waals surface area contributed by atoms with E-state index in [9.17, 15) is 14.4 Å². The lowest BCUT2D eigenvalue weighted by Crippen LogP contribution is -2.71. The number of carbonyl (C=O) groups is 3. The molecule has 4 aromatic carbocycles. The summed E-state index contributed by atoms with van der Waals surface area (Å²) in [6.07, 6.45) is 8.76. The topological polar surface area (TPSA) is 162 Å². The average molecular weight is 889 g/mol. The first-order valence-corrected chi connectivity index (χ1v) is 22.1. The van der Waals surface area contributed by atoms with E-state index in [1.165, 1.54) is 35.1 Å². The maximum absolute atomic E-state index is 14.1. The minimum Gasteiger partial charge on any atom is -0.497 e. The number of ether oxygens (including phenoxy) is 2. The molecule has 320 valence electrons. The number of aromatic nitrogens is 4. The first-order valence-electron chi connectivity index (χ1n) is 20.1. The quantitative estimate of drug-likeness (QED) is 0.0357. The number of allylic oxidation sites excluding steroid dienone is 1. The molecule has 0 unspecified atom stereocenters. The smallest absolute Gasteiger partial charge is 0.355 e. The molecule has 0 aliphatic carbocycles. The van der Waals surface area contributed by atoms with Gasteiger partial charge in [0.25, 0.3) is 11.8 Å². The van der Waals surface area contributed by atoms with Gasteiger partial charge in [0.05, 0.1) is 19.0 Å². The van der Waals surface area contributed by atoms with Gasteiger partial charge < -0.3 is 24.9 Å². The molecule has 0 saturated carbocycles. The van der Waals surface area contributed by atoms with Gasteiger partial charge in [-0.15, -0.1) is 23.1 Å². The van der Waals surface area contributed by atoms with E-state index in [1.54, 1.807) is 61.3 Å². The Hall–Kier alpha value is -7.56. The lowest BCUT2D eigenvalue weighted by molar-refractivity contribution is -0.153. The Balaban J connectivity index is 0.972.